The Morgan fingerprint density at radius 2 is 1.30 bits per heavy atom. The molecule has 0 spiro atoms. The molecule has 0 bridgehead atoms. The van der Waals surface area contributed by atoms with Gasteiger partial charge in [-0.1, -0.05) is 0 Å². The Kier molecular flexibility index (Phi) is 4.43. The van der Waals surface area contributed by atoms with E-state index >= 15 is 0 Å². The zero-order valence-corrected chi connectivity index (χ0v) is 14.5. The topological polar surface area (TPSA) is 17.1 Å². The number of Topliss-reactive ketones (excluding diaryl/α,β-unsaturated/α-hetero) is 1. The van der Waals surface area contributed by atoms with Crippen molar-refractivity contribution in [1.82, 2.24) is 0 Å². The number of ketones is 1. The van der Waals surface area contributed by atoms with E-state index in [4.69, 9.17) is 0 Å². The van der Waals surface area contributed by atoms with Crippen LogP contribution in [0.3, 0.4) is 0 Å². The molecule has 0 amide bonds. The SMILES string of the molecule is O=C1CCCC1([Se]c1ccccc1)[Se]c1ccccc1. The van der Waals surface area contributed by atoms with Gasteiger partial charge < -0.3 is 0 Å². The van der Waals surface area contributed by atoms with Crippen LogP contribution in [0.15, 0.2) is 60.7 Å². The third-order valence-corrected chi connectivity index (χ3v) is 10.5. The Hall–Kier alpha value is -0.851. The summed E-state index contributed by atoms with van der Waals surface area (Å²) < 4.78 is 2.66. The zero-order chi connectivity index (χ0) is 13.8. The van der Waals surface area contributed by atoms with Crippen molar-refractivity contribution in [3.8, 4) is 0 Å². The normalized spacial score (nSPS) is 17.3. The molecule has 0 radical (unpaired) electrons. The summed E-state index contributed by atoms with van der Waals surface area (Å²) in [6, 6.07) is 21.1. The third kappa shape index (κ3) is 3.07. The Balaban J connectivity index is 1.87. The second kappa shape index (κ2) is 6.28. The van der Waals surface area contributed by atoms with Crippen LogP contribution >= 0.6 is 0 Å². The molecule has 1 saturated carbocycles. The second-order valence-corrected chi connectivity index (χ2v) is 11.9. The van der Waals surface area contributed by atoms with Gasteiger partial charge in [0.25, 0.3) is 0 Å². The first-order valence-electron chi connectivity index (χ1n) is 6.80. The predicted octanol–water partition coefficient (Wildman–Crippen LogP) is 1.91. The van der Waals surface area contributed by atoms with Gasteiger partial charge in [0.2, 0.25) is 0 Å². The minimum atomic E-state index is -0.0529. The van der Waals surface area contributed by atoms with Crippen LogP contribution < -0.4 is 8.92 Å². The maximum atomic E-state index is 12.5. The molecule has 1 nitrogen and oxygen atoms in total. The summed E-state index contributed by atoms with van der Waals surface area (Å²) in [5.41, 5.74) is 0. The summed E-state index contributed by atoms with van der Waals surface area (Å²) in [5.74, 6) is 0.505. The van der Waals surface area contributed by atoms with Gasteiger partial charge in [-0.2, -0.15) is 0 Å². The number of rotatable bonds is 4. The van der Waals surface area contributed by atoms with Gasteiger partial charge in [0.15, 0.2) is 0 Å². The maximum absolute atomic E-state index is 12.5. The number of benzene rings is 2. The number of carbonyl (C=O) groups is 1. The van der Waals surface area contributed by atoms with E-state index in [9.17, 15) is 4.79 Å². The van der Waals surface area contributed by atoms with Crippen LogP contribution in [0.5, 0.6) is 0 Å². The second-order valence-electron chi connectivity index (χ2n) is 4.86. The van der Waals surface area contributed by atoms with E-state index in [-0.39, 0.29) is 33.1 Å². The van der Waals surface area contributed by atoms with E-state index < -0.39 is 0 Å². The van der Waals surface area contributed by atoms with Crippen molar-refractivity contribution in [3.05, 3.63) is 60.7 Å². The predicted molar refractivity (Wildman–Crippen MR) is 85.2 cm³/mol. The van der Waals surface area contributed by atoms with Crippen LogP contribution in [-0.4, -0.2) is 35.7 Å². The summed E-state index contributed by atoms with van der Waals surface area (Å²) in [4.78, 5) is 12.5. The van der Waals surface area contributed by atoms with Crippen LogP contribution in [0.25, 0.3) is 0 Å². The van der Waals surface area contributed by atoms with Gasteiger partial charge in [0.05, 0.1) is 0 Å². The summed E-state index contributed by atoms with van der Waals surface area (Å²) in [5, 5.41) is 0. The Morgan fingerprint density at radius 1 is 0.800 bits per heavy atom. The average molecular weight is 394 g/mol. The van der Waals surface area contributed by atoms with E-state index in [0.29, 0.717) is 5.78 Å². The number of hydrogen-bond acceptors (Lipinski definition) is 1. The van der Waals surface area contributed by atoms with Crippen LogP contribution in [-0.2, 0) is 4.79 Å². The molecule has 0 unspecified atom stereocenters. The van der Waals surface area contributed by atoms with Crippen molar-refractivity contribution in [2.75, 3.05) is 0 Å². The van der Waals surface area contributed by atoms with Gasteiger partial charge in [-0.05, 0) is 0 Å². The van der Waals surface area contributed by atoms with Crippen molar-refractivity contribution in [1.29, 1.82) is 0 Å². The molecule has 0 heterocycles. The number of carbonyl (C=O) groups excluding carboxylic acids is 1. The van der Waals surface area contributed by atoms with Crippen molar-refractivity contribution in [2.45, 2.75) is 22.5 Å². The molecule has 2 aromatic rings. The molecule has 3 rings (SSSR count). The summed E-state index contributed by atoms with van der Waals surface area (Å²) >= 11 is 0.495. The fourth-order valence-corrected chi connectivity index (χ4v) is 9.81. The van der Waals surface area contributed by atoms with Gasteiger partial charge in [-0.25, -0.2) is 0 Å². The molecule has 1 fully saturated rings. The summed E-state index contributed by atoms with van der Waals surface area (Å²) in [6.45, 7) is 0. The quantitative estimate of drug-likeness (QED) is 0.725. The summed E-state index contributed by atoms with van der Waals surface area (Å²) in [6.07, 6.45) is 2.93. The molecule has 20 heavy (non-hydrogen) atoms. The van der Waals surface area contributed by atoms with Crippen LogP contribution in [0, 0.1) is 0 Å². The summed E-state index contributed by atoms with van der Waals surface area (Å²) in [7, 11) is 0. The number of hydrogen-bond donors (Lipinski definition) is 0. The molecule has 0 atom stereocenters. The average Bonchev–Trinajstić information content (AvgIpc) is 2.82. The van der Waals surface area contributed by atoms with Gasteiger partial charge in [0, 0.05) is 0 Å². The van der Waals surface area contributed by atoms with Crippen LogP contribution in [0.4, 0.5) is 0 Å². The fourth-order valence-electron chi connectivity index (χ4n) is 2.41. The van der Waals surface area contributed by atoms with Gasteiger partial charge in [0.1, 0.15) is 0 Å². The van der Waals surface area contributed by atoms with E-state index in [2.05, 4.69) is 48.5 Å². The van der Waals surface area contributed by atoms with Gasteiger partial charge >= 0.3 is 133 Å². The molecule has 102 valence electrons. The molecule has 1 aliphatic rings. The molecule has 2 aromatic carbocycles. The van der Waals surface area contributed by atoms with Crippen LogP contribution in [0.2, 0.25) is 3.21 Å². The Morgan fingerprint density at radius 3 is 1.70 bits per heavy atom. The van der Waals surface area contributed by atoms with Crippen molar-refractivity contribution >= 4 is 44.6 Å². The van der Waals surface area contributed by atoms with Crippen molar-refractivity contribution in [3.63, 3.8) is 0 Å². The van der Waals surface area contributed by atoms with E-state index in [0.717, 1.165) is 19.3 Å². The Bertz CT molecular complexity index is 539. The molecule has 0 saturated heterocycles. The molecule has 0 N–H and O–H groups in total. The van der Waals surface area contributed by atoms with Crippen molar-refractivity contribution in [2.24, 2.45) is 0 Å². The molecular formula is C17H16OSe2. The van der Waals surface area contributed by atoms with Crippen molar-refractivity contribution < 1.29 is 4.79 Å². The molecule has 1 aliphatic carbocycles. The van der Waals surface area contributed by atoms with E-state index in [1.165, 1.54) is 8.92 Å². The van der Waals surface area contributed by atoms with E-state index in [1.807, 2.05) is 12.1 Å². The van der Waals surface area contributed by atoms with Gasteiger partial charge in [-0.3, -0.25) is 0 Å². The van der Waals surface area contributed by atoms with E-state index in [1.54, 1.807) is 0 Å². The standard InChI is InChI=1S/C17H16OSe2/c18-16-12-7-13-17(16,19-14-8-3-1-4-9-14)20-15-10-5-2-6-11-15/h1-6,8-11H,7,12-13H2. The fraction of sp³-hybridized carbons (Fsp3) is 0.235. The first-order chi connectivity index (χ1) is 9.78. The molecule has 0 aliphatic heterocycles. The third-order valence-electron chi connectivity index (χ3n) is 3.39. The Labute approximate surface area is 132 Å². The van der Waals surface area contributed by atoms with Crippen LogP contribution in [0.1, 0.15) is 19.3 Å². The molecule has 0 aromatic heterocycles. The molecular weight excluding hydrogens is 378 g/mol. The minimum absolute atomic E-state index is 0.0529. The van der Waals surface area contributed by atoms with Gasteiger partial charge in [-0.15, -0.1) is 0 Å². The molecule has 3 heteroatoms. The first-order valence-corrected chi connectivity index (χ1v) is 10.2. The zero-order valence-electron chi connectivity index (χ0n) is 11.1. The first kappa shape index (κ1) is 14.1. The monoisotopic (exact) mass is 396 g/mol.